The number of furan rings is 1. The highest BCUT2D eigenvalue weighted by atomic mass is 16.5. The molecule has 1 aromatic heterocycles. The van der Waals surface area contributed by atoms with E-state index in [0.29, 0.717) is 36.8 Å². The molecule has 0 atom stereocenters. The number of aryl methyl sites for hydroxylation is 2. The molecule has 1 aliphatic heterocycles. The fourth-order valence-corrected chi connectivity index (χ4v) is 2.91. The minimum atomic E-state index is -0.00461. The number of nitrogens with zero attached hydrogens (tertiary/aromatic N) is 1. The lowest BCUT2D eigenvalue weighted by Crippen LogP contribution is -2.33. The third-order valence-electron chi connectivity index (χ3n) is 4.02. The van der Waals surface area contributed by atoms with Crippen LogP contribution in [0.1, 0.15) is 33.9 Å². The summed E-state index contributed by atoms with van der Waals surface area (Å²) < 4.78 is 16.7. The average Bonchev–Trinajstić information content (AvgIpc) is 2.85. The Bertz CT molecular complexity index is 720. The zero-order valence-electron chi connectivity index (χ0n) is 13.7. The highest BCUT2D eigenvalue weighted by Crippen LogP contribution is 2.33. The smallest absolute Gasteiger partial charge is 0.257 e. The molecule has 0 saturated carbocycles. The quantitative estimate of drug-likeness (QED) is 0.853. The van der Waals surface area contributed by atoms with Crippen molar-refractivity contribution in [3.05, 3.63) is 46.9 Å². The van der Waals surface area contributed by atoms with E-state index in [1.807, 2.05) is 36.9 Å². The van der Waals surface area contributed by atoms with Gasteiger partial charge in [-0.1, -0.05) is 12.1 Å². The van der Waals surface area contributed by atoms with Gasteiger partial charge in [0.15, 0.2) is 11.5 Å². The van der Waals surface area contributed by atoms with Crippen molar-refractivity contribution in [3.8, 4) is 11.5 Å². The second-order valence-electron chi connectivity index (χ2n) is 5.70. The summed E-state index contributed by atoms with van der Waals surface area (Å²) in [7, 11) is 1.62. The lowest BCUT2D eigenvalue weighted by atomic mass is 10.1. The van der Waals surface area contributed by atoms with Crippen LogP contribution in [0.2, 0.25) is 0 Å². The van der Waals surface area contributed by atoms with Gasteiger partial charge in [0.2, 0.25) is 0 Å². The van der Waals surface area contributed by atoms with Gasteiger partial charge in [-0.25, -0.2) is 0 Å². The Balaban J connectivity index is 1.92. The van der Waals surface area contributed by atoms with E-state index in [4.69, 9.17) is 13.9 Å². The molecule has 5 heteroatoms. The van der Waals surface area contributed by atoms with Gasteiger partial charge in [0.25, 0.3) is 5.91 Å². The molecule has 0 saturated heterocycles. The summed E-state index contributed by atoms with van der Waals surface area (Å²) in [6, 6.07) is 7.56. The molecule has 5 nitrogen and oxygen atoms in total. The second-order valence-corrected chi connectivity index (χ2v) is 5.70. The van der Waals surface area contributed by atoms with Crippen LogP contribution in [-0.2, 0) is 6.54 Å². The summed E-state index contributed by atoms with van der Waals surface area (Å²) in [5.74, 6) is 2.84. The van der Waals surface area contributed by atoms with E-state index >= 15 is 0 Å². The molecular weight excluding hydrogens is 294 g/mol. The van der Waals surface area contributed by atoms with Crippen LogP contribution in [0.15, 0.2) is 28.7 Å². The summed E-state index contributed by atoms with van der Waals surface area (Å²) in [6.45, 7) is 5.38. The number of benzene rings is 1. The number of hydrogen-bond acceptors (Lipinski definition) is 4. The number of carbonyl (C=O) groups excluding carboxylic acids is 1. The first-order valence-electron chi connectivity index (χ1n) is 7.75. The molecule has 0 radical (unpaired) electrons. The Hall–Kier alpha value is -2.43. The van der Waals surface area contributed by atoms with Crippen molar-refractivity contribution in [3.63, 3.8) is 0 Å². The van der Waals surface area contributed by atoms with E-state index in [1.165, 1.54) is 0 Å². The number of rotatable bonds is 2. The molecule has 1 aliphatic rings. The van der Waals surface area contributed by atoms with Crippen molar-refractivity contribution in [1.82, 2.24) is 4.90 Å². The number of para-hydroxylation sites is 1. The molecule has 0 fully saturated rings. The second kappa shape index (κ2) is 6.36. The molecule has 0 aliphatic carbocycles. The van der Waals surface area contributed by atoms with Gasteiger partial charge in [0.05, 0.1) is 19.3 Å². The maximum atomic E-state index is 12.9. The minimum absolute atomic E-state index is 0.00461. The van der Waals surface area contributed by atoms with Crippen LogP contribution in [0.5, 0.6) is 11.5 Å². The number of hydrogen-bond donors (Lipinski definition) is 0. The van der Waals surface area contributed by atoms with Gasteiger partial charge >= 0.3 is 0 Å². The average molecular weight is 315 g/mol. The zero-order chi connectivity index (χ0) is 16.4. The number of fused-ring (bicyclic) bond motifs is 1. The maximum Gasteiger partial charge on any atom is 0.257 e. The van der Waals surface area contributed by atoms with Crippen molar-refractivity contribution in [1.29, 1.82) is 0 Å². The van der Waals surface area contributed by atoms with E-state index < -0.39 is 0 Å². The van der Waals surface area contributed by atoms with E-state index in [0.717, 1.165) is 23.5 Å². The molecule has 2 heterocycles. The maximum absolute atomic E-state index is 12.9. The zero-order valence-corrected chi connectivity index (χ0v) is 13.7. The molecule has 0 spiro atoms. The van der Waals surface area contributed by atoms with Gasteiger partial charge in [0.1, 0.15) is 11.5 Å². The Morgan fingerprint density at radius 1 is 1.30 bits per heavy atom. The minimum Gasteiger partial charge on any atom is -0.493 e. The predicted molar refractivity (Wildman–Crippen MR) is 86.0 cm³/mol. The van der Waals surface area contributed by atoms with Crippen LogP contribution in [-0.4, -0.2) is 31.1 Å². The van der Waals surface area contributed by atoms with Gasteiger partial charge in [-0.2, -0.15) is 0 Å². The van der Waals surface area contributed by atoms with Gasteiger partial charge < -0.3 is 18.8 Å². The number of methoxy groups -OCH3 is 1. The molecule has 1 amide bonds. The highest BCUT2D eigenvalue weighted by Gasteiger charge is 2.24. The van der Waals surface area contributed by atoms with E-state index in [2.05, 4.69) is 0 Å². The van der Waals surface area contributed by atoms with Gasteiger partial charge in [-0.05, 0) is 32.4 Å². The first-order chi connectivity index (χ1) is 11.1. The third-order valence-corrected chi connectivity index (χ3v) is 4.02. The summed E-state index contributed by atoms with van der Waals surface area (Å²) in [5, 5.41) is 0. The molecular formula is C18H21NO4. The molecule has 3 rings (SSSR count). The van der Waals surface area contributed by atoms with Crippen LogP contribution in [0, 0.1) is 13.8 Å². The monoisotopic (exact) mass is 315 g/mol. The molecule has 0 N–H and O–H groups in total. The van der Waals surface area contributed by atoms with Gasteiger partial charge in [0, 0.05) is 18.7 Å². The Morgan fingerprint density at radius 2 is 2.13 bits per heavy atom. The third kappa shape index (κ3) is 3.04. The van der Waals surface area contributed by atoms with E-state index in [-0.39, 0.29) is 5.91 Å². The Kier molecular flexibility index (Phi) is 4.28. The van der Waals surface area contributed by atoms with Gasteiger partial charge in [-0.15, -0.1) is 0 Å². The Morgan fingerprint density at radius 3 is 2.83 bits per heavy atom. The van der Waals surface area contributed by atoms with E-state index in [9.17, 15) is 4.79 Å². The lowest BCUT2D eigenvalue weighted by Gasteiger charge is -2.27. The standard InChI is InChI=1S/C18H21NO4/c1-12-10-15(13(2)23-12)18(20)19-8-5-9-22-17-14(11-19)6-4-7-16(17)21-3/h4,6-7,10H,5,8-9,11H2,1-3H3. The lowest BCUT2D eigenvalue weighted by molar-refractivity contribution is 0.0719. The SMILES string of the molecule is COc1cccc2c1OCCCN(C(=O)c1cc(C)oc1C)C2. The summed E-state index contributed by atoms with van der Waals surface area (Å²) in [6.07, 6.45) is 0.777. The molecule has 0 bridgehead atoms. The molecule has 2 aromatic rings. The highest BCUT2D eigenvalue weighted by molar-refractivity contribution is 5.95. The molecule has 0 unspecified atom stereocenters. The van der Waals surface area contributed by atoms with Gasteiger partial charge in [-0.3, -0.25) is 4.79 Å². The summed E-state index contributed by atoms with van der Waals surface area (Å²) >= 11 is 0. The fourth-order valence-electron chi connectivity index (χ4n) is 2.91. The Labute approximate surface area is 135 Å². The number of carbonyl (C=O) groups is 1. The predicted octanol–water partition coefficient (Wildman–Crippen LogP) is 3.33. The largest absolute Gasteiger partial charge is 0.493 e. The number of amides is 1. The van der Waals surface area contributed by atoms with Crippen molar-refractivity contribution in [2.45, 2.75) is 26.8 Å². The first kappa shape index (κ1) is 15.5. The van der Waals surface area contributed by atoms with E-state index in [1.54, 1.807) is 13.2 Å². The van der Waals surface area contributed by atoms with Crippen LogP contribution in [0.4, 0.5) is 0 Å². The van der Waals surface area contributed by atoms with Crippen molar-refractivity contribution in [2.75, 3.05) is 20.3 Å². The summed E-state index contributed by atoms with van der Waals surface area (Å²) in [4.78, 5) is 14.7. The molecule has 23 heavy (non-hydrogen) atoms. The molecule has 1 aromatic carbocycles. The summed E-state index contributed by atoms with van der Waals surface area (Å²) in [5.41, 5.74) is 1.59. The topological polar surface area (TPSA) is 51.9 Å². The van der Waals surface area contributed by atoms with Crippen LogP contribution < -0.4 is 9.47 Å². The molecule has 122 valence electrons. The van der Waals surface area contributed by atoms with Crippen LogP contribution >= 0.6 is 0 Å². The first-order valence-corrected chi connectivity index (χ1v) is 7.75. The van der Waals surface area contributed by atoms with Crippen LogP contribution in [0.3, 0.4) is 0 Å². The van der Waals surface area contributed by atoms with Crippen molar-refractivity contribution in [2.24, 2.45) is 0 Å². The van der Waals surface area contributed by atoms with Crippen molar-refractivity contribution >= 4 is 5.91 Å². The fraction of sp³-hybridized carbons (Fsp3) is 0.389. The number of ether oxygens (including phenoxy) is 2. The normalized spacial score (nSPS) is 14.5. The van der Waals surface area contributed by atoms with Crippen molar-refractivity contribution < 1.29 is 18.7 Å². The van der Waals surface area contributed by atoms with Crippen LogP contribution in [0.25, 0.3) is 0 Å².